The van der Waals surface area contributed by atoms with Crippen LogP contribution in [0.15, 0.2) is 36.3 Å². The Bertz CT molecular complexity index is 385. The lowest BCUT2D eigenvalue weighted by molar-refractivity contribution is -0.118. The van der Waals surface area contributed by atoms with Gasteiger partial charge in [0.1, 0.15) is 0 Å². The molecule has 4 heteroatoms. The van der Waals surface area contributed by atoms with Crippen LogP contribution >= 0.6 is 0 Å². The zero-order chi connectivity index (χ0) is 12.7. The van der Waals surface area contributed by atoms with Gasteiger partial charge in [-0.1, -0.05) is 12.1 Å². The van der Waals surface area contributed by atoms with Crippen molar-refractivity contribution < 1.29 is 4.79 Å². The van der Waals surface area contributed by atoms with Gasteiger partial charge in [0.15, 0.2) is 0 Å². The second-order valence-electron chi connectivity index (χ2n) is 3.94. The highest BCUT2D eigenvalue weighted by molar-refractivity contribution is 5.92. The van der Waals surface area contributed by atoms with Crippen molar-refractivity contribution in [2.45, 2.75) is 13.3 Å². The number of amides is 1. The van der Waals surface area contributed by atoms with Gasteiger partial charge in [-0.25, -0.2) is 0 Å². The SMILES string of the molecule is CC=C(C(=O)NCCc1cccnc1)N(C)C. The molecule has 17 heavy (non-hydrogen) atoms. The molecule has 1 aromatic heterocycles. The fourth-order valence-electron chi connectivity index (χ4n) is 1.55. The first-order valence-corrected chi connectivity index (χ1v) is 5.66. The number of hydrogen-bond acceptors (Lipinski definition) is 3. The van der Waals surface area contributed by atoms with E-state index in [0.29, 0.717) is 12.2 Å². The molecule has 0 saturated heterocycles. The Hall–Kier alpha value is -1.84. The number of hydrogen-bond donors (Lipinski definition) is 1. The van der Waals surface area contributed by atoms with Crippen LogP contribution in [-0.4, -0.2) is 36.4 Å². The number of likely N-dealkylation sites (N-methyl/N-ethyl adjacent to an activating group) is 1. The third-order valence-electron chi connectivity index (χ3n) is 2.41. The molecule has 0 aliphatic rings. The summed E-state index contributed by atoms with van der Waals surface area (Å²) in [4.78, 5) is 17.6. The first-order valence-electron chi connectivity index (χ1n) is 5.66. The number of allylic oxidation sites excluding steroid dienone is 1. The molecule has 0 aliphatic carbocycles. The molecule has 0 unspecified atom stereocenters. The number of carbonyl (C=O) groups is 1. The number of carbonyl (C=O) groups excluding carboxylic acids is 1. The molecule has 0 saturated carbocycles. The van der Waals surface area contributed by atoms with Crippen LogP contribution in [0.5, 0.6) is 0 Å². The molecule has 0 radical (unpaired) electrons. The Morgan fingerprint density at radius 3 is 2.82 bits per heavy atom. The summed E-state index contributed by atoms with van der Waals surface area (Å²) in [5.41, 5.74) is 1.80. The summed E-state index contributed by atoms with van der Waals surface area (Å²) in [7, 11) is 3.71. The number of nitrogens with zero attached hydrogens (tertiary/aromatic N) is 2. The van der Waals surface area contributed by atoms with E-state index in [9.17, 15) is 4.79 Å². The monoisotopic (exact) mass is 233 g/mol. The van der Waals surface area contributed by atoms with Gasteiger partial charge in [-0.05, 0) is 25.0 Å². The molecule has 0 aliphatic heterocycles. The van der Waals surface area contributed by atoms with Crippen LogP contribution in [-0.2, 0) is 11.2 Å². The highest BCUT2D eigenvalue weighted by atomic mass is 16.2. The number of aromatic nitrogens is 1. The zero-order valence-electron chi connectivity index (χ0n) is 10.6. The van der Waals surface area contributed by atoms with Gasteiger partial charge < -0.3 is 10.2 Å². The van der Waals surface area contributed by atoms with E-state index in [1.54, 1.807) is 17.2 Å². The van der Waals surface area contributed by atoms with Gasteiger partial charge in [0.25, 0.3) is 5.91 Å². The van der Waals surface area contributed by atoms with Crippen LogP contribution in [0.4, 0.5) is 0 Å². The standard InChI is InChI=1S/C13H19N3O/c1-4-12(16(2)3)13(17)15-9-7-11-6-5-8-14-10-11/h4-6,8,10H,7,9H2,1-3H3,(H,15,17). The minimum Gasteiger partial charge on any atom is -0.373 e. The van der Waals surface area contributed by atoms with Crippen molar-refractivity contribution in [2.24, 2.45) is 0 Å². The first kappa shape index (κ1) is 13.2. The van der Waals surface area contributed by atoms with Gasteiger partial charge >= 0.3 is 0 Å². The summed E-state index contributed by atoms with van der Waals surface area (Å²) >= 11 is 0. The molecule has 4 nitrogen and oxygen atoms in total. The molecular formula is C13H19N3O. The molecule has 0 fully saturated rings. The average molecular weight is 233 g/mol. The van der Waals surface area contributed by atoms with Crippen molar-refractivity contribution in [1.29, 1.82) is 0 Å². The van der Waals surface area contributed by atoms with E-state index in [2.05, 4.69) is 10.3 Å². The Labute approximate surface area is 102 Å². The molecule has 1 heterocycles. The largest absolute Gasteiger partial charge is 0.373 e. The van der Waals surface area contributed by atoms with Gasteiger partial charge in [-0.2, -0.15) is 0 Å². The average Bonchev–Trinajstić information content (AvgIpc) is 2.30. The summed E-state index contributed by atoms with van der Waals surface area (Å²) in [5, 5.41) is 2.89. The third kappa shape index (κ3) is 4.26. The van der Waals surface area contributed by atoms with Crippen LogP contribution in [0.3, 0.4) is 0 Å². The van der Waals surface area contributed by atoms with Crippen LogP contribution in [0.1, 0.15) is 12.5 Å². The summed E-state index contributed by atoms with van der Waals surface area (Å²) in [6.07, 6.45) is 6.16. The normalized spacial score (nSPS) is 11.1. The second-order valence-corrected chi connectivity index (χ2v) is 3.94. The maximum absolute atomic E-state index is 11.8. The minimum atomic E-state index is -0.0404. The lowest BCUT2D eigenvalue weighted by atomic mass is 10.2. The molecule has 92 valence electrons. The zero-order valence-corrected chi connectivity index (χ0v) is 10.6. The van der Waals surface area contributed by atoms with E-state index < -0.39 is 0 Å². The number of rotatable bonds is 5. The Morgan fingerprint density at radius 1 is 1.53 bits per heavy atom. The lowest BCUT2D eigenvalue weighted by Crippen LogP contribution is -2.32. The predicted molar refractivity (Wildman–Crippen MR) is 68.4 cm³/mol. The second kappa shape index (κ2) is 6.68. The van der Waals surface area contributed by atoms with Gasteiger partial charge in [0, 0.05) is 33.0 Å². The van der Waals surface area contributed by atoms with Gasteiger partial charge in [-0.15, -0.1) is 0 Å². The molecule has 0 aromatic carbocycles. The van der Waals surface area contributed by atoms with E-state index >= 15 is 0 Å². The summed E-state index contributed by atoms with van der Waals surface area (Å²) in [5.74, 6) is -0.0404. The van der Waals surface area contributed by atoms with Crippen LogP contribution < -0.4 is 5.32 Å². The van der Waals surface area contributed by atoms with Crippen LogP contribution in [0, 0.1) is 0 Å². The number of pyridine rings is 1. The van der Waals surface area contributed by atoms with E-state index in [4.69, 9.17) is 0 Å². The van der Waals surface area contributed by atoms with E-state index in [1.165, 1.54) is 0 Å². The molecule has 0 bridgehead atoms. The molecule has 1 rings (SSSR count). The van der Waals surface area contributed by atoms with Gasteiger partial charge in [0.2, 0.25) is 0 Å². The Morgan fingerprint density at radius 2 is 2.29 bits per heavy atom. The maximum Gasteiger partial charge on any atom is 0.267 e. The fourth-order valence-corrected chi connectivity index (χ4v) is 1.55. The maximum atomic E-state index is 11.8. The van der Waals surface area contributed by atoms with Crippen LogP contribution in [0.2, 0.25) is 0 Å². The molecule has 1 amide bonds. The van der Waals surface area contributed by atoms with E-state index in [0.717, 1.165) is 12.0 Å². The highest BCUT2D eigenvalue weighted by Crippen LogP contribution is 1.99. The predicted octanol–water partition coefficient (Wildman–Crippen LogP) is 1.21. The van der Waals surface area contributed by atoms with Crippen LogP contribution in [0.25, 0.3) is 0 Å². The quantitative estimate of drug-likeness (QED) is 0.777. The molecular weight excluding hydrogens is 214 g/mol. The summed E-state index contributed by atoms with van der Waals surface area (Å²) < 4.78 is 0. The summed E-state index contributed by atoms with van der Waals surface area (Å²) in [6, 6.07) is 3.90. The van der Waals surface area contributed by atoms with Gasteiger partial charge in [0.05, 0.1) is 5.70 Å². The van der Waals surface area contributed by atoms with E-state index in [1.807, 2.05) is 39.3 Å². The third-order valence-corrected chi connectivity index (χ3v) is 2.41. The minimum absolute atomic E-state index is 0.0404. The molecule has 1 N–H and O–H groups in total. The van der Waals surface area contributed by atoms with Gasteiger partial charge in [-0.3, -0.25) is 9.78 Å². The van der Waals surface area contributed by atoms with Crippen molar-refractivity contribution in [3.05, 3.63) is 41.9 Å². The Balaban J connectivity index is 2.39. The highest BCUT2D eigenvalue weighted by Gasteiger charge is 2.09. The fraction of sp³-hybridized carbons (Fsp3) is 0.385. The number of nitrogens with one attached hydrogen (secondary N) is 1. The smallest absolute Gasteiger partial charge is 0.267 e. The lowest BCUT2D eigenvalue weighted by Gasteiger charge is -2.16. The molecule has 0 spiro atoms. The van der Waals surface area contributed by atoms with Crippen molar-refractivity contribution in [3.8, 4) is 0 Å². The van der Waals surface area contributed by atoms with Crippen molar-refractivity contribution in [3.63, 3.8) is 0 Å². The van der Waals surface area contributed by atoms with Crippen molar-refractivity contribution >= 4 is 5.91 Å². The molecule has 1 aromatic rings. The van der Waals surface area contributed by atoms with Crippen molar-refractivity contribution in [1.82, 2.24) is 15.2 Å². The topological polar surface area (TPSA) is 45.2 Å². The molecule has 0 atom stereocenters. The van der Waals surface area contributed by atoms with E-state index in [-0.39, 0.29) is 5.91 Å². The first-order chi connectivity index (χ1) is 8.15. The summed E-state index contributed by atoms with van der Waals surface area (Å²) in [6.45, 7) is 2.48. The Kier molecular flexibility index (Phi) is 5.20. The van der Waals surface area contributed by atoms with Crippen molar-refractivity contribution in [2.75, 3.05) is 20.6 Å².